The van der Waals surface area contributed by atoms with Crippen LogP contribution in [0.5, 0.6) is 11.5 Å². The largest absolute Gasteiger partial charge is 0.493 e. The fraction of sp³-hybridized carbons (Fsp3) is 0.250. The third-order valence-electron chi connectivity index (χ3n) is 4.63. The highest BCUT2D eigenvalue weighted by molar-refractivity contribution is 5.68. The molecular weight excluding hydrogens is 342 g/mol. The van der Waals surface area contributed by atoms with Crippen LogP contribution < -0.4 is 19.7 Å². The molecule has 7 nitrogen and oxygen atoms in total. The highest BCUT2D eigenvalue weighted by Crippen LogP contribution is 2.36. The predicted molar refractivity (Wildman–Crippen MR) is 104 cm³/mol. The van der Waals surface area contributed by atoms with Crippen molar-refractivity contribution in [2.45, 2.75) is 19.4 Å². The molecule has 2 aromatic carbocycles. The minimum Gasteiger partial charge on any atom is -0.493 e. The Bertz CT molecular complexity index is 963. The molecule has 2 heterocycles. The minimum absolute atomic E-state index is 0.278. The third-order valence-corrected chi connectivity index (χ3v) is 4.63. The fourth-order valence-electron chi connectivity index (χ4n) is 3.39. The molecule has 0 radical (unpaired) electrons. The van der Waals surface area contributed by atoms with Crippen molar-refractivity contribution in [3.8, 4) is 11.5 Å². The van der Waals surface area contributed by atoms with Gasteiger partial charge in [-0.05, 0) is 37.1 Å². The van der Waals surface area contributed by atoms with E-state index in [1.54, 1.807) is 20.4 Å². The molecular formula is C20H21N5O2. The lowest BCUT2D eigenvalue weighted by Gasteiger charge is -2.22. The van der Waals surface area contributed by atoms with E-state index >= 15 is 0 Å². The van der Waals surface area contributed by atoms with Crippen molar-refractivity contribution in [3.63, 3.8) is 0 Å². The number of para-hydroxylation sites is 1. The average Bonchev–Trinajstić information content (AvgIpc) is 3.03. The van der Waals surface area contributed by atoms with Crippen LogP contribution in [0.2, 0.25) is 0 Å². The number of rotatable bonds is 5. The molecule has 1 N–H and O–H groups in total. The molecule has 27 heavy (non-hydrogen) atoms. The van der Waals surface area contributed by atoms with Gasteiger partial charge >= 0.3 is 0 Å². The molecule has 4 rings (SSSR count). The standard InChI is InChI=1S/C20H21N5O2/c1-13-10-14-6-4-5-7-16(14)25(13)20-23-19(12-21-24-20)22-15-8-9-17(26-2)18(11-15)27-3/h4-9,11-13H,10H2,1-3H3,(H,22,23,24). The van der Waals surface area contributed by atoms with E-state index in [2.05, 4.69) is 50.5 Å². The molecule has 0 spiro atoms. The first-order valence-corrected chi connectivity index (χ1v) is 8.75. The zero-order chi connectivity index (χ0) is 18.8. The van der Waals surface area contributed by atoms with Crippen LogP contribution in [0.3, 0.4) is 0 Å². The molecule has 0 saturated heterocycles. The number of benzene rings is 2. The van der Waals surface area contributed by atoms with Gasteiger partial charge < -0.3 is 19.7 Å². The van der Waals surface area contributed by atoms with E-state index in [4.69, 9.17) is 9.47 Å². The number of hydrogen-bond donors (Lipinski definition) is 1. The Morgan fingerprint density at radius 2 is 1.89 bits per heavy atom. The van der Waals surface area contributed by atoms with Crippen molar-refractivity contribution in [1.29, 1.82) is 0 Å². The smallest absolute Gasteiger partial charge is 0.252 e. The van der Waals surface area contributed by atoms with E-state index in [9.17, 15) is 0 Å². The van der Waals surface area contributed by atoms with Gasteiger partial charge in [0.1, 0.15) is 0 Å². The van der Waals surface area contributed by atoms with Gasteiger partial charge in [-0.1, -0.05) is 18.2 Å². The van der Waals surface area contributed by atoms with Gasteiger partial charge in [0.25, 0.3) is 5.95 Å². The van der Waals surface area contributed by atoms with Crippen LogP contribution in [0.4, 0.5) is 23.1 Å². The molecule has 1 atom stereocenters. The quantitative estimate of drug-likeness (QED) is 0.741. The first-order chi connectivity index (χ1) is 13.2. The van der Waals surface area contributed by atoms with E-state index < -0.39 is 0 Å². The van der Waals surface area contributed by atoms with Gasteiger partial charge in [0, 0.05) is 23.5 Å². The Morgan fingerprint density at radius 3 is 2.70 bits per heavy atom. The third kappa shape index (κ3) is 3.23. The van der Waals surface area contributed by atoms with E-state index in [0.29, 0.717) is 23.3 Å². The van der Waals surface area contributed by atoms with Gasteiger partial charge in [-0.3, -0.25) is 0 Å². The summed E-state index contributed by atoms with van der Waals surface area (Å²) in [4.78, 5) is 6.79. The van der Waals surface area contributed by atoms with Crippen molar-refractivity contribution in [3.05, 3.63) is 54.2 Å². The first kappa shape index (κ1) is 17.1. The van der Waals surface area contributed by atoms with Crippen LogP contribution in [0, 0.1) is 0 Å². The number of nitrogens with one attached hydrogen (secondary N) is 1. The van der Waals surface area contributed by atoms with E-state index in [0.717, 1.165) is 17.8 Å². The molecule has 1 unspecified atom stereocenters. The van der Waals surface area contributed by atoms with E-state index in [1.165, 1.54) is 5.56 Å². The summed E-state index contributed by atoms with van der Waals surface area (Å²) in [5.41, 5.74) is 3.26. The summed E-state index contributed by atoms with van der Waals surface area (Å²) in [5, 5.41) is 11.6. The molecule has 138 valence electrons. The second-order valence-electron chi connectivity index (χ2n) is 6.39. The van der Waals surface area contributed by atoms with Gasteiger partial charge in [-0.25, -0.2) is 0 Å². The van der Waals surface area contributed by atoms with Crippen molar-refractivity contribution >= 4 is 23.1 Å². The summed E-state index contributed by atoms with van der Waals surface area (Å²) in [5.74, 6) is 2.51. The van der Waals surface area contributed by atoms with Crippen molar-refractivity contribution in [2.24, 2.45) is 0 Å². The maximum atomic E-state index is 5.35. The minimum atomic E-state index is 0.278. The Hall–Kier alpha value is -3.35. The predicted octanol–water partition coefficient (Wildman–Crippen LogP) is 3.72. The monoisotopic (exact) mass is 363 g/mol. The zero-order valence-corrected chi connectivity index (χ0v) is 15.5. The van der Waals surface area contributed by atoms with Gasteiger partial charge in [0.05, 0.1) is 20.4 Å². The SMILES string of the molecule is COc1ccc(Nc2cnnc(N3c4ccccc4CC3C)n2)cc1OC. The summed E-state index contributed by atoms with van der Waals surface area (Å²) < 4.78 is 10.6. The highest BCUT2D eigenvalue weighted by atomic mass is 16.5. The van der Waals surface area contributed by atoms with Crippen molar-refractivity contribution in [2.75, 3.05) is 24.4 Å². The van der Waals surface area contributed by atoms with Crippen LogP contribution in [0.25, 0.3) is 0 Å². The summed E-state index contributed by atoms with van der Waals surface area (Å²) in [6.07, 6.45) is 2.57. The number of hydrogen-bond acceptors (Lipinski definition) is 7. The zero-order valence-electron chi connectivity index (χ0n) is 15.5. The molecule has 0 bridgehead atoms. The molecule has 1 aliphatic heterocycles. The van der Waals surface area contributed by atoms with E-state index in [-0.39, 0.29) is 6.04 Å². The fourth-order valence-corrected chi connectivity index (χ4v) is 3.39. The lowest BCUT2D eigenvalue weighted by Crippen LogP contribution is -2.26. The van der Waals surface area contributed by atoms with Gasteiger partial charge in [0.15, 0.2) is 17.3 Å². The Kier molecular flexibility index (Phi) is 4.50. The second kappa shape index (κ2) is 7.11. The lowest BCUT2D eigenvalue weighted by molar-refractivity contribution is 0.355. The Morgan fingerprint density at radius 1 is 1.07 bits per heavy atom. The highest BCUT2D eigenvalue weighted by Gasteiger charge is 2.29. The summed E-state index contributed by atoms with van der Waals surface area (Å²) in [7, 11) is 3.22. The van der Waals surface area contributed by atoms with Gasteiger partial charge in [-0.2, -0.15) is 10.1 Å². The normalized spacial score (nSPS) is 15.4. The number of methoxy groups -OCH3 is 2. The molecule has 0 fully saturated rings. The maximum absolute atomic E-state index is 5.35. The Balaban J connectivity index is 1.62. The molecule has 1 aromatic heterocycles. The molecule has 7 heteroatoms. The first-order valence-electron chi connectivity index (χ1n) is 8.75. The van der Waals surface area contributed by atoms with E-state index in [1.807, 2.05) is 24.3 Å². The van der Waals surface area contributed by atoms with Crippen LogP contribution in [-0.2, 0) is 6.42 Å². The second-order valence-corrected chi connectivity index (χ2v) is 6.39. The number of fused-ring (bicyclic) bond motifs is 1. The molecule has 3 aromatic rings. The van der Waals surface area contributed by atoms with Crippen molar-refractivity contribution in [1.82, 2.24) is 15.2 Å². The summed E-state index contributed by atoms with van der Waals surface area (Å²) in [6, 6.07) is 14.2. The maximum Gasteiger partial charge on any atom is 0.252 e. The number of ether oxygens (including phenoxy) is 2. The average molecular weight is 363 g/mol. The summed E-state index contributed by atoms with van der Waals surface area (Å²) >= 11 is 0. The molecule has 0 saturated carbocycles. The molecule has 0 aliphatic carbocycles. The van der Waals surface area contributed by atoms with Crippen LogP contribution in [-0.4, -0.2) is 35.4 Å². The topological polar surface area (TPSA) is 72.4 Å². The number of anilines is 4. The van der Waals surface area contributed by atoms with Crippen LogP contribution in [0.1, 0.15) is 12.5 Å². The molecule has 1 aliphatic rings. The van der Waals surface area contributed by atoms with Gasteiger partial charge in [-0.15, -0.1) is 5.10 Å². The van der Waals surface area contributed by atoms with Crippen LogP contribution >= 0.6 is 0 Å². The lowest BCUT2D eigenvalue weighted by atomic mass is 10.1. The number of nitrogens with zero attached hydrogens (tertiary/aromatic N) is 4. The molecule has 0 amide bonds. The van der Waals surface area contributed by atoms with Gasteiger partial charge in [0.2, 0.25) is 0 Å². The van der Waals surface area contributed by atoms with Crippen molar-refractivity contribution < 1.29 is 9.47 Å². The number of aromatic nitrogens is 3. The summed E-state index contributed by atoms with van der Waals surface area (Å²) in [6.45, 7) is 2.16. The van der Waals surface area contributed by atoms with Crippen LogP contribution in [0.15, 0.2) is 48.7 Å². The Labute approximate surface area is 158 Å².